The van der Waals surface area contributed by atoms with Crippen molar-refractivity contribution in [2.45, 2.75) is 64.5 Å². The molecular weight excluding hydrogens is 420 g/mol. The molecule has 1 aliphatic carbocycles. The van der Waals surface area contributed by atoms with Gasteiger partial charge in [0.25, 0.3) is 0 Å². The fraction of sp³-hybridized carbons (Fsp3) is 0.407. The molecule has 0 saturated carbocycles. The van der Waals surface area contributed by atoms with Crippen LogP contribution < -0.4 is 5.32 Å². The molecule has 0 aliphatic heterocycles. The molecule has 4 nitrogen and oxygen atoms in total. The number of rotatable bonds is 10. The van der Waals surface area contributed by atoms with Gasteiger partial charge in [-0.05, 0) is 68.7 Å². The minimum atomic E-state index is -0.547. The first-order chi connectivity index (χ1) is 15.5. The van der Waals surface area contributed by atoms with Gasteiger partial charge in [-0.2, -0.15) is 0 Å². The summed E-state index contributed by atoms with van der Waals surface area (Å²) in [4.78, 5) is 27.8. The second-order valence-electron chi connectivity index (χ2n) is 8.46. The van der Waals surface area contributed by atoms with Crippen molar-refractivity contribution in [3.63, 3.8) is 0 Å². The minimum Gasteiger partial charge on any atom is -0.354 e. The molecule has 0 bridgehead atoms. The normalized spacial score (nSPS) is 14.4. The van der Waals surface area contributed by atoms with Crippen molar-refractivity contribution in [3.05, 3.63) is 82.4 Å². The second kappa shape index (κ2) is 12.4. The molecule has 0 aromatic heterocycles. The summed E-state index contributed by atoms with van der Waals surface area (Å²) in [6.07, 6.45) is 8.98. The topological polar surface area (TPSA) is 49.4 Å². The monoisotopic (exact) mass is 452 g/mol. The molecule has 0 spiro atoms. The van der Waals surface area contributed by atoms with Crippen LogP contribution in [0.2, 0.25) is 5.02 Å². The Bertz CT molecular complexity index is 909. The molecule has 1 aliphatic rings. The van der Waals surface area contributed by atoms with E-state index in [-0.39, 0.29) is 11.8 Å². The lowest BCUT2D eigenvalue weighted by molar-refractivity contribution is -0.140. The van der Waals surface area contributed by atoms with E-state index in [0.29, 0.717) is 31.0 Å². The maximum atomic E-state index is 13.2. The molecule has 170 valence electrons. The molecule has 3 rings (SSSR count). The fourth-order valence-electron chi connectivity index (χ4n) is 4.03. The van der Waals surface area contributed by atoms with E-state index in [1.54, 1.807) is 4.90 Å². The lowest BCUT2D eigenvalue weighted by Gasteiger charge is -2.29. The number of halogens is 1. The van der Waals surface area contributed by atoms with E-state index in [2.05, 4.69) is 11.4 Å². The van der Waals surface area contributed by atoms with Gasteiger partial charge >= 0.3 is 0 Å². The van der Waals surface area contributed by atoms with Gasteiger partial charge in [-0.25, -0.2) is 0 Å². The maximum absolute atomic E-state index is 13.2. The molecule has 0 heterocycles. The molecule has 2 aromatic rings. The largest absolute Gasteiger partial charge is 0.354 e. The zero-order chi connectivity index (χ0) is 22.8. The highest BCUT2D eigenvalue weighted by Gasteiger charge is 2.25. The highest BCUT2D eigenvalue weighted by Crippen LogP contribution is 2.20. The molecule has 0 radical (unpaired) electrons. The second-order valence-corrected chi connectivity index (χ2v) is 8.90. The lowest BCUT2D eigenvalue weighted by Crippen LogP contribution is -2.47. The molecule has 1 atom stereocenters. The standard InChI is InChI=1S/C27H33ClN2O2/c1-21(27(32)29-19-18-23-10-6-3-7-11-23)30(20-24-12-15-25(28)16-13-24)26(31)17-14-22-8-4-2-5-9-22/h2,4-5,8-10,12-13,15-16,21H,3,6-7,11,14,17-20H2,1H3,(H,29,32)/t21-/m1/s1. The van der Waals surface area contributed by atoms with Crippen molar-refractivity contribution < 1.29 is 9.59 Å². The van der Waals surface area contributed by atoms with Crippen LogP contribution in [0.4, 0.5) is 0 Å². The van der Waals surface area contributed by atoms with Crippen LogP contribution in [0.3, 0.4) is 0 Å². The van der Waals surface area contributed by atoms with Crippen LogP contribution in [0, 0.1) is 0 Å². The third-order valence-electron chi connectivity index (χ3n) is 6.03. The summed E-state index contributed by atoms with van der Waals surface area (Å²) in [5.74, 6) is -0.134. The van der Waals surface area contributed by atoms with Gasteiger partial charge in [-0.15, -0.1) is 0 Å². The van der Waals surface area contributed by atoms with Gasteiger partial charge in [0.05, 0.1) is 0 Å². The van der Waals surface area contributed by atoms with Crippen LogP contribution in [0.1, 0.15) is 56.6 Å². The number of hydrogen-bond donors (Lipinski definition) is 1. The Morgan fingerprint density at radius 1 is 1.00 bits per heavy atom. The summed E-state index contributed by atoms with van der Waals surface area (Å²) in [6.45, 7) is 2.80. The Kier molecular flexibility index (Phi) is 9.36. The maximum Gasteiger partial charge on any atom is 0.242 e. The zero-order valence-electron chi connectivity index (χ0n) is 18.9. The summed E-state index contributed by atoms with van der Waals surface area (Å²) in [5, 5.41) is 3.69. The first kappa shape index (κ1) is 24.1. The first-order valence-electron chi connectivity index (χ1n) is 11.6. The van der Waals surface area contributed by atoms with Gasteiger partial charge in [0.1, 0.15) is 6.04 Å². The molecule has 32 heavy (non-hydrogen) atoms. The first-order valence-corrected chi connectivity index (χ1v) is 11.9. The summed E-state index contributed by atoms with van der Waals surface area (Å²) in [7, 11) is 0. The van der Waals surface area contributed by atoms with Crippen molar-refractivity contribution in [2.24, 2.45) is 0 Å². The van der Waals surface area contributed by atoms with Crippen molar-refractivity contribution >= 4 is 23.4 Å². The number of carbonyl (C=O) groups is 2. The third-order valence-corrected chi connectivity index (χ3v) is 6.29. The molecular formula is C27H33ClN2O2. The molecule has 1 N–H and O–H groups in total. The average molecular weight is 453 g/mol. The van der Waals surface area contributed by atoms with Crippen LogP contribution in [0.25, 0.3) is 0 Å². The minimum absolute atomic E-state index is 0.0264. The highest BCUT2D eigenvalue weighted by atomic mass is 35.5. The van der Waals surface area contributed by atoms with E-state index in [0.717, 1.165) is 30.4 Å². The van der Waals surface area contributed by atoms with Gasteiger partial charge < -0.3 is 10.2 Å². The molecule has 2 amide bonds. The van der Waals surface area contributed by atoms with E-state index >= 15 is 0 Å². The van der Waals surface area contributed by atoms with E-state index in [1.807, 2.05) is 61.5 Å². The van der Waals surface area contributed by atoms with Crippen LogP contribution >= 0.6 is 11.6 Å². The van der Waals surface area contributed by atoms with E-state index in [1.165, 1.54) is 18.4 Å². The number of carbonyl (C=O) groups excluding carboxylic acids is 2. The molecule has 0 saturated heterocycles. The smallest absolute Gasteiger partial charge is 0.242 e. The number of nitrogens with one attached hydrogen (secondary N) is 1. The van der Waals surface area contributed by atoms with Crippen molar-refractivity contribution in [2.75, 3.05) is 6.54 Å². The van der Waals surface area contributed by atoms with Gasteiger partial charge in [-0.1, -0.05) is 65.7 Å². The van der Waals surface area contributed by atoms with Crippen molar-refractivity contribution in [1.82, 2.24) is 10.2 Å². The van der Waals surface area contributed by atoms with E-state index in [4.69, 9.17) is 11.6 Å². The molecule has 2 aromatic carbocycles. The van der Waals surface area contributed by atoms with Gasteiger partial charge in [0.15, 0.2) is 0 Å². The van der Waals surface area contributed by atoms with Crippen LogP contribution in [0.15, 0.2) is 66.2 Å². The quantitative estimate of drug-likeness (QED) is 0.470. The number of nitrogens with zero attached hydrogens (tertiary/aromatic N) is 1. The van der Waals surface area contributed by atoms with Gasteiger partial charge in [0, 0.05) is 24.5 Å². The van der Waals surface area contributed by atoms with E-state index < -0.39 is 6.04 Å². The predicted octanol–water partition coefficient (Wildman–Crippen LogP) is 5.70. The Labute approximate surface area is 196 Å². The Balaban J connectivity index is 1.62. The predicted molar refractivity (Wildman–Crippen MR) is 130 cm³/mol. The summed E-state index contributed by atoms with van der Waals surface area (Å²) in [6, 6.07) is 16.8. The summed E-state index contributed by atoms with van der Waals surface area (Å²) < 4.78 is 0. The van der Waals surface area contributed by atoms with Crippen LogP contribution in [-0.2, 0) is 22.6 Å². The number of allylic oxidation sites excluding steroid dienone is 1. The number of benzene rings is 2. The molecule has 0 fully saturated rings. The average Bonchev–Trinajstić information content (AvgIpc) is 2.83. The van der Waals surface area contributed by atoms with Crippen LogP contribution in [-0.4, -0.2) is 29.3 Å². The molecule has 0 unspecified atom stereocenters. The number of amides is 2. The molecule has 5 heteroatoms. The van der Waals surface area contributed by atoms with Gasteiger partial charge in [-0.3, -0.25) is 9.59 Å². The highest BCUT2D eigenvalue weighted by molar-refractivity contribution is 6.30. The Morgan fingerprint density at radius 3 is 2.44 bits per heavy atom. The Morgan fingerprint density at radius 2 is 1.75 bits per heavy atom. The number of aryl methyl sites for hydroxylation is 1. The van der Waals surface area contributed by atoms with Crippen molar-refractivity contribution in [1.29, 1.82) is 0 Å². The SMILES string of the molecule is C[C@H](C(=O)NCCC1=CCCCC1)N(Cc1ccc(Cl)cc1)C(=O)CCc1ccccc1. The summed E-state index contributed by atoms with van der Waals surface area (Å²) in [5.41, 5.74) is 3.50. The zero-order valence-corrected chi connectivity index (χ0v) is 19.6. The van der Waals surface area contributed by atoms with Gasteiger partial charge in [0.2, 0.25) is 11.8 Å². The third kappa shape index (κ3) is 7.52. The van der Waals surface area contributed by atoms with Crippen LogP contribution in [0.5, 0.6) is 0 Å². The fourth-order valence-corrected chi connectivity index (χ4v) is 4.16. The van der Waals surface area contributed by atoms with E-state index in [9.17, 15) is 9.59 Å². The summed E-state index contributed by atoms with van der Waals surface area (Å²) >= 11 is 6.01. The Hall–Kier alpha value is -2.59. The number of hydrogen-bond acceptors (Lipinski definition) is 2. The lowest BCUT2D eigenvalue weighted by atomic mass is 9.97. The van der Waals surface area contributed by atoms with Crippen molar-refractivity contribution in [3.8, 4) is 0 Å².